The molecule has 4 heteroatoms. The van der Waals surface area contributed by atoms with Crippen molar-refractivity contribution in [2.45, 2.75) is 13.0 Å². The number of hydrogen-bond acceptors (Lipinski definition) is 3. The summed E-state index contributed by atoms with van der Waals surface area (Å²) < 4.78 is 6.18. The van der Waals surface area contributed by atoms with Gasteiger partial charge >= 0.3 is 0 Å². The van der Waals surface area contributed by atoms with Crippen LogP contribution in [0.4, 0.5) is 0 Å². The number of thiophene rings is 1. The molecule has 74 valence electrons. The second-order valence-corrected chi connectivity index (χ2v) is 4.39. The number of ether oxygens (including phenoxy) is 1. The van der Waals surface area contributed by atoms with Gasteiger partial charge in [0.1, 0.15) is 0 Å². The SMILES string of the molecule is CCOCC(NC)c1ccc(Cl)s1. The number of halogens is 1. The van der Waals surface area contributed by atoms with Crippen LogP contribution in [0, 0.1) is 0 Å². The smallest absolute Gasteiger partial charge is 0.0931 e. The van der Waals surface area contributed by atoms with Crippen LogP contribution in [-0.4, -0.2) is 20.3 Å². The van der Waals surface area contributed by atoms with Crippen molar-refractivity contribution in [2.24, 2.45) is 0 Å². The molecule has 0 saturated carbocycles. The number of likely N-dealkylation sites (N-methyl/N-ethyl adjacent to an activating group) is 1. The molecule has 13 heavy (non-hydrogen) atoms. The summed E-state index contributed by atoms with van der Waals surface area (Å²) in [6.07, 6.45) is 0. The molecule has 1 N–H and O–H groups in total. The van der Waals surface area contributed by atoms with Crippen molar-refractivity contribution in [1.82, 2.24) is 5.32 Å². The van der Waals surface area contributed by atoms with E-state index in [1.54, 1.807) is 11.3 Å². The zero-order valence-corrected chi connectivity index (χ0v) is 9.41. The summed E-state index contributed by atoms with van der Waals surface area (Å²) in [6, 6.07) is 4.21. The van der Waals surface area contributed by atoms with Gasteiger partial charge in [-0.1, -0.05) is 11.6 Å². The first-order chi connectivity index (χ1) is 6.27. The molecule has 0 aliphatic rings. The maximum Gasteiger partial charge on any atom is 0.0931 e. The highest BCUT2D eigenvalue weighted by Gasteiger charge is 2.10. The Hall–Kier alpha value is -0.0900. The average molecular weight is 220 g/mol. The molecule has 1 rings (SSSR count). The maximum atomic E-state index is 5.85. The Morgan fingerprint density at radius 3 is 2.85 bits per heavy atom. The minimum absolute atomic E-state index is 0.262. The van der Waals surface area contributed by atoms with E-state index < -0.39 is 0 Å². The summed E-state index contributed by atoms with van der Waals surface area (Å²) in [7, 11) is 1.93. The lowest BCUT2D eigenvalue weighted by molar-refractivity contribution is 0.126. The van der Waals surface area contributed by atoms with Crippen molar-refractivity contribution in [3.8, 4) is 0 Å². The van der Waals surface area contributed by atoms with E-state index in [2.05, 4.69) is 5.32 Å². The van der Waals surface area contributed by atoms with Crippen molar-refractivity contribution < 1.29 is 4.74 Å². The highest BCUT2D eigenvalue weighted by Crippen LogP contribution is 2.26. The van der Waals surface area contributed by atoms with Crippen LogP contribution in [0.1, 0.15) is 17.8 Å². The van der Waals surface area contributed by atoms with Gasteiger partial charge in [-0.05, 0) is 26.1 Å². The molecule has 0 aliphatic carbocycles. The Labute approximate surface area is 87.9 Å². The van der Waals surface area contributed by atoms with Crippen molar-refractivity contribution in [3.63, 3.8) is 0 Å². The molecule has 0 amide bonds. The van der Waals surface area contributed by atoms with Gasteiger partial charge in [-0.3, -0.25) is 0 Å². The summed E-state index contributed by atoms with van der Waals surface area (Å²) in [5.41, 5.74) is 0. The Bertz CT molecular complexity index is 252. The summed E-state index contributed by atoms with van der Waals surface area (Å²) in [5.74, 6) is 0. The highest BCUT2D eigenvalue weighted by molar-refractivity contribution is 7.16. The van der Waals surface area contributed by atoms with Gasteiger partial charge in [-0.15, -0.1) is 11.3 Å². The Morgan fingerprint density at radius 1 is 1.62 bits per heavy atom. The standard InChI is InChI=1S/C9H14ClNOS/c1-3-12-6-7(11-2)8-4-5-9(10)13-8/h4-5,7,11H,3,6H2,1-2H3. The molecule has 0 aliphatic heterocycles. The lowest BCUT2D eigenvalue weighted by Gasteiger charge is -2.13. The maximum absolute atomic E-state index is 5.85. The van der Waals surface area contributed by atoms with Gasteiger partial charge in [-0.25, -0.2) is 0 Å². The zero-order valence-electron chi connectivity index (χ0n) is 7.84. The topological polar surface area (TPSA) is 21.3 Å². The van der Waals surface area contributed by atoms with E-state index >= 15 is 0 Å². The number of rotatable bonds is 5. The van der Waals surface area contributed by atoms with Crippen LogP contribution in [0.15, 0.2) is 12.1 Å². The van der Waals surface area contributed by atoms with E-state index in [-0.39, 0.29) is 6.04 Å². The molecule has 2 nitrogen and oxygen atoms in total. The molecule has 0 saturated heterocycles. The lowest BCUT2D eigenvalue weighted by atomic mass is 10.2. The number of nitrogens with one attached hydrogen (secondary N) is 1. The molecular weight excluding hydrogens is 206 g/mol. The van der Waals surface area contributed by atoms with Crippen molar-refractivity contribution in [1.29, 1.82) is 0 Å². The predicted molar refractivity (Wildman–Crippen MR) is 57.6 cm³/mol. The Kier molecular flexibility index (Phi) is 4.73. The molecule has 0 radical (unpaired) electrons. The molecule has 0 aromatic carbocycles. The first-order valence-corrected chi connectivity index (χ1v) is 5.47. The van der Waals surface area contributed by atoms with Crippen LogP contribution in [0.5, 0.6) is 0 Å². The molecular formula is C9H14ClNOS. The fraction of sp³-hybridized carbons (Fsp3) is 0.556. The van der Waals surface area contributed by atoms with Crippen LogP contribution in [0.25, 0.3) is 0 Å². The molecule has 0 bridgehead atoms. The van der Waals surface area contributed by atoms with Gasteiger partial charge < -0.3 is 10.1 Å². The molecule has 0 fully saturated rings. The van der Waals surface area contributed by atoms with Crippen LogP contribution >= 0.6 is 22.9 Å². The first kappa shape index (κ1) is 11.0. The minimum Gasteiger partial charge on any atom is -0.380 e. The van der Waals surface area contributed by atoms with E-state index in [1.807, 2.05) is 26.1 Å². The quantitative estimate of drug-likeness (QED) is 0.822. The highest BCUT2D eigenvalue weighted by atomic mass is 35.5. The Morgan fingerprint density at radius 2 is 2.38 bits per heavy atom. The van der Waals surface area contributed by atoms with E-state index in [9.17, 15) is 0 Å². The largest absolute Gasteiger partial charge is 0.380 e. The third-order valence-corrected chi connectivity index (χ3v) is 3.12. The molecule has 1 aromatic heterocycles. The van der Waals surface area contributed by atoms with Crippen LogP contribution in [0.3, 0.4) is 0 Å². The lowest BCUT2D eigenvalue weighted by Crippen LogP contribution is -2.20. The molecule has 1 heterocycles. The number of hydrogen-bond donors (Lipinski definition) is 1. The van der Waals surface area contributed by atoms with Crippen LogP contribution < -0.4 is 5.32 Å². The van der Waals surface area contributed by atoms with Gasteiger partial charge in [0.15, 0.2) is 0 Å². The third-order valence-electron chi connectivity index (χ3n) is 1.77. The average Bonchev–Trinajstić information content (AvgIpc) is 2.54. The second-order valence-electron chi connectivity index (χ2n) is 2.64. The zero-order chi connectivity index (χ0) is 9.68. The molecule has 0 spiro atoms. The van der Waals surface area contributed by atoms with Crippen LogP contribution in [0.2, 0.25) is 4.34 Å². The Balaban J connectivity index is 2.56. The van der Waals surface area contributed by atoms with Gasteiger partial charge in [0.05, 0.1) is 17.0 Å². The summed E-state index contributed by atoms with van der Waals surface area (Å²) in [4.78, 5) is 1.22. The van der Waals surface area contributed by atoms with Crippen molar-refractivity contribution >= 4 is 22.9 Å². The normalized spacial score (nSPS) is 13.2. The van der Waals surface area contributed by atoms with Gasteiger partial charge in [0, 0.05) is 11.5 Å². The van der Waals surface area contributed by atoms with Crippen molar-refractivity contribution in [3.05, 3.63) is 21.3 Å². The monoisotopic (exact) mass is 219 g/mol. The molecule has 1 atom stereocenters. The van der Waals surface area contributed by atoms with E-state index in [4.69, 9.17) is 16.3 Å². The van der Waals surface area contributed by atoms with E-state index in [0.29, 0.717) is 6.61 Å². The van der Waals surface area contributed by atoms with E-state index in [0.717, 1.165) is 10.9 Å². The van der Waals surface area contributed by atoms with Gasteiger partial charge in [-0.2, -0.15) is 0 Å². The summed E-state index contributed by atoms with van der Waals surface area (Å²) in [6.45, 7) is 3.44. The summed E-state index contributed by atoms with van der Waals surface area (Å²) >= 11 is 7.44. The van der Waals surface area contributed by atoms with Crippen LogP contribution in [-0.2, 0) is 4.74 Å². The fourth-order valence-electron chi connectivity index (χ4n) is 1.06. The fourth-order valence-corrected chi connectivity index (χ4v) is 2.21. The first-order valence-electron chi connectivity index (χ1n) is 4.28. The van der Waals surface area contributed by atoms with Crippen molar-refractivity contribution in [2.75, 3.05) is 20.3 Å². The van der Waals surface area contributed by atoms with E-state index in [1.165, 1.54) is 4.88 Å². The summed E-state index contributed by atoms with van der Waals surface area (Å²) in [5, 5.41) is 3.19. The molecule has 1 unspecified atom stereocenters. The van der Waals surface area contributed by atoms with Gasteiger partial charge in [0.25, 0.3) is 0 Å². The third kappa shape index (κ3) is 3.27. The minimum atomic E-state index is 0.262. The van der Waals surface area contributed by atoms with Gasteiger partial charge in [0.2, 0.25) is 0 Å². The predicted octanol–water partition coefficient (Wildman–Crippen LogP) is 2.70. The molecule has 1 aromatic rings. The second kappa shape index (κ2) is 5.60.